The summed E-state index contributed by atoms with van der Waals surface area (Å²) < 4.78 is 0. The Morgan fingerprint density at radius 3 is 2.50 bits per heavy atom. The molecule has 1 aromatic carbocycles. The van der Waals surface area contributed by atoms with E-state index in [1.807, 2.05) is 0 Å². The zero-order chi connectivity index (χ0) is 11.2. The van der Waals surface area contributed by atoms with Crippen molar-refractivity contribution in [3.63, 3.8) is 0 Å². The topological polar surface area (TPSA) is 0 Å². The lowest BCUT2D eigenvalue weighted by Gasteiger charge is -2.35. The van der Waals surface area contributed by atoms with Gasteiger partial charge in [-0.1, -0.05) is 35.8 Å². The first-order valence-electron chi connectivity index (χ1n) is 6.46. The fourth-order valence-electron chi connectivity index (χ4n) is 3.56. The molecule has 0 amide bonds. The summed E-state index contributed by atoms with van der Waals surface area (Å²) >= 11 is 0. The molecule has 0 N–H and O–H groups in total. The van der Waals surface area contributed by atoms with Gasteiger partial charge in [-0.15, -0.1) is 0 Å². The van der Waals surface area contributed by atoms with Crippen molar-refractivity contribution >= 4 is 13.3 Å². The Morgan fingerprint density at radius 1 is 1.06 bits per heavy atom. The van der Waals surface area contributed by atoms with E-state index in [0.717, 1.165) is 0 Å². The Bertz CT molecular complexity index is 435. The van der Waals surface area contributed by atoms with Crippen LogP contribution in [0.2, 0.25) is 0 Å². The van der Waals surface area contributed by atoms with Gasteiger partial charge in [0, 0.05) is 0 Å². The molecule has 0 bridgehead atoms. The van der Waals surface area contributed by atoms with E-state index in [1.54, 1.807) is 11.1 Å². The lowest BCUT2D eigenvalue weighted by atomic mass is 9.69. The predicted octanol–water partition coefficient (Wildman–Crippen LogP) is 2.26. The van der Waals surface area contributed by atoms with Crippen LogP contribution in [-0.4, -0.2) is 7.85 Å². The fraction of sp³-hybridized carbons (Fsp3) is 0.467. The third-order valence-corrected chi connectivity index (χ3v) is 4.62. The van der Waals surface area contributed by atoms with Gasteiger partial charge in [0.05, 0.1) is 0 Å². The van der Waals surface area contributed by atoms with Gasteiger partial charge in [-0.05, 0) is 55.1 Å². The lowest BCUT2D eigenvalue weighted by molar-refractivity contribution is 0.331. The van der Waals surface area contributed by atoms with E-state index < -0.39 is 0 Å². The van der Waals surface area contributed by atoms with Crippen molar-refractivity contribution in [2.24, 2.45) is 0 Å². The van der Waals surface area contributed by atoms with Crippen LogP contribution in [0.25, 0.3) is 0 Å². The number of aryl methyl sites for hydroxylation is 1. The first kappa shape index (κ1) is 10.2. The molecule has 0 heterocycles. The molecule has 0 aromatic heterocycles. The van der Waals surface area contributed by atoms with Gasteiger partial charge in [-0.25, -0.2) is 0 Å². The molecule has 2 aliphatic carbocycles. The van der Waals surface area contributed by atoms with Crippen LogP contribution in [0, 0.1) is 0 Å². The summed E-state index contributed by atoms with van der Waals surface area (Å²) in [6.45, 7) is 4.14. The second kappa shape index (κ2) is 3.51. The molecule has 1 fully saturated rings. The van der Waals surface area contributed by atoms with Crippen molar-refractivity contribution in [3.8, 4) is 0 Å². The van der Waals surface area contributed by atoms with Gasteiger partial charge in [0.15, 0.2) is 0 Å². The quantitative estimate of drug-likeness (QED) is 0.455. The van der Waals surface area contributed by atoms with E-state index >= 15 is 0 Å². The maximum absolute atomic E-state index is 4.14. The van der Waals surface area contributed by atoms with Gasteiger partial charge in [0.2, 0.25) is 0 Å². The Morgan fingerprint density at radius 2 is 1.75 bits per heavy atom. The number of fused-ring (bicyclic) bond motifs is 2. The minimum atomic E-state index is 0.518. The molecule has 82 valence electrons. The highest BCUT2D eigenvalue weighted by Crippen LogP contribution is 2.49. The molecule has 0 saturated heterocycles. The molecule has 1 saturated carbocycles. The molecule has 0 radical (unpaired) electrons. The van der Waals surface area contributed by atoms with Crippen LogP contribution < -0.4 is 5.46 Å². The van der Waals surface area contributed by atoms with E-state index in [-0.39, 0.29) is 0 Å². The average Bonchev–Trinajstić information content (AvgIpc) is 2.62. The molecule has 0 nitrogen and oxygen atoms in total. The Kier molecular flexibility index (Phi) is 2.24. The summed E-state index contributed by atoms with van der Waals surface area (Å²) in [7, 11) is 2.20. The van der Waals surface area contributed by atoms with E-state index in [1.165, 1.54) is 49.6 Å². The van der Waals surface area contributed by atoms with E-state index in [0.29, 0.717) is 5.41 Å². The van der Waals surface area contributed by atoms with Crippen molar-refractivity contribution < 1.29 is 0 Å². The van der Waals surface area contributed by atoms with Crippen molar-refractivity contribution in [1.29, 1.82) is 0 Å². The number of hydrogen-bond acceptors (Lipinski definition) is 0. The molecule has 0 unspecified atom stereocenters. The highest BCUT2D eigenvalue weighted by molar-refractivity contribution is 6.32. The maximum Gasteiger partial charge on any atom is 0.139 e. The van der Waals surface area contributed by atoms with Crippen molar-refractivity contribution in [3.05, 3.63) is 41.5 Å². The zero-order valence-electron chi connectivity index (χ0n) is 10.2. The predicted molar refractivity (Wildman–Crippen MR) is 72.2 cm³/mol. The molecule has 1 heteroatoms. The van der Waals surface area contributed by atoms with Crippen LogP contribution in [0.15, 0.2) is 30.4 Å². The number of hydrogen-bond donors (Lipinski definition) is 0. The van der Waals surface area contributed by atoms with Crippen LogP contribution in [0.1, 0.15) is 43.2 Å². The Hall–Kier alpha value is -0.975. The Balaban J connectivity index is 1.99. The first-order chi connectivity index (χ1) is 7.70. The standard InChI is InChI=1S/C15H19B/c1-11-4-7-15(8-5-11)9-6-12-10-13(16)2-3-14(12)15/h2-3,10H,1,4-9,16H2. The SMILES string of the molecule is Bc1ccc2c(c1)CCC21CCC(=C)CC1. The Labute approximate surface area is 99.2 Å². The number of benzene rings is 1. The molecule has 16 heavy (non-hydrogen) atoms. The summed E-state index contributed by atoms with van der Waals surface area (Å²) in [4.78, 5) is 0. The largest absolute Gasteiger partial charge is 0.139 e. The van der Waals surface area contributed by atoms with Crippen molar-refractivity contribution in [2.75, 3.05) is 0 Å². The minimum Gasteiger partial charge on any atom is -0.0999 e. The molecular formula is C15H19B. The van der Waals surface area contributed by atoms with Crippen molar-refractivity contribution in [2.45, 2.75) is 43.9 Å². The van der Waals surface area contributed by atoms with E-state index in [9.17, 15) is 0 Å². The average molecular weight is 210 g/mol. The third-order valence-electron chi connectivity index (χ3n) is 4.62. The molecule has 0 aliphatic heterocycles. The second-order valence-electron chi connectivity index (χ2n) is 5.69. The van der Waals surface area contributed by atoms with E-state index in [4.69, 9.17) is 0 Å². The maximum atomic E-state index is 4.14. The smallest absolute Gasteiger partial charge is 0.0999 e. The molecule has 1 spiro atoms. The lowest BCUT2D eigenvalue weighted by Crippen LogP contribution is -2.26. The number of rotatable bonds is 0. The van der Waals surface area contributed by atoms with Crippen LogP contribution in [0.5, 0.6) is 0 Å². The van der Waals surface area contributed by atoms with Crippen LogP contribution >= 0.6 is 0 Å². The summed E-state index contributed by atoms with van der Waals surface area (Å²) in [6, 6.07) is 7.08. The van der Waals surface area contributed by atoms with E-state index in [2.05, 4.69) is 32.6 Å². The summed E-state index contributed by atoms with van der Waals surface area (Å²) in [5, 5.41) is 0. The molecular weight excluding hydrogens is 191 g/mol. The molecule has 1 aromatic rings. The fourth-order valence-corrected chi connectivity index (χ4v) is 3.56. The van der Waals surface area contributed by atoms with Crippen LogP contribution in [0.3, 0.4) is 0 Å². The second-order valence-corrected chi connectivity index (χ2v) is 5.69. The minimum absolute atomic E-state index is 0.518. The molecule has 2 aliphatic rings. The first-order valence-corrected chi connectivity index (χ1v) is 6.46. The summed E-state index contributed by atoms with van der Waals surface area (Å²) in [5.41, 5.74) is 6.67. The summed E-state index contributed by atoms with van der Waals surface area (Å²) in [6.07, 6.45) is 7.83. The van der Waals surface area contributed by atoms with Crippen LogP contribution in [0.4, 0.5) is 0 Å². The molecule has 3 rings (SSSR count). The third kappa shape index (κ3) is 1.45. The molecule has 0 atom stereocenters. The van der Waals surface area contributed by atoms with Gasteiger partial charge in [-0.3, -0.25) is 0 Å². The number of allylic oxidation sites excluding steroid dienone is 1. The normalized spacial score (nSPS) is 22.4. The monoisotopic (exact) mass is 210 g/mol. The van der Waals surface area contributed by atoms with Gasteiger partial charge in [0.1, 0.15) is 7.85 Å². The van der Waals surface area contributed by atoms with Crippen LogP contribution in [-0.2, 0) is 11.8 Å². The van der Waals surface area contributed by atoms with Gasteiger partial charge >= 0.3 is 0 Å². The summed E-state index contributed by atoms with van der Waals surface area (Å²) in [5.74, 6) is 0. The van der Waals surface area contributed by atoms with Gasteiger partial charge in [-0.2, -0.15) is 0 Å². The highest BCUT2D eigenvalue weighted by Gasteiger charge is 2.39. The van der Waals surface area contributed by atoms with Gasteiger partial charge in [0.25, 0.3) is 0 Å². The zero-order valence-corrected chi connectivity index (χ0v) is 10.2. The highest BCUT2D eigenvalue weighted by atomic mass is 14.4. The van der Waals surface area contributed by atoms with Crippen molar-refractivity contribution in [1.82, 2.24) is 0 Å². The van der Waals surface area contributed by atoms with Gasteiger partial charge < -0.3 is 0 Å².